The van der Waals surface area contributed by atoms with Crippen molar-refractivity contribution in [3.8, 4) is 0 Å². The number of carbonyl (C=O) groups is 1. The van der Waals surface area contributed by atoms with Crippen LogP contribution in [0.4, 0.5) is 0 Å². The van der Waals surface area contributed by atoms with E-state index in [9.17, 15) is 4.79 Å². The molecule has 1 atom stereocenters. The second-order valence-electron chi connectivity index (χ2n) is 5.83. The van der Waals surface area contributed by atoms with E-state index in [4.69, 9.17) is 4.74 Å². The molecule has 0 aromatic heterocycles. The monoisotopic (exact) mass is 307 g/mol. The topological polar surface area (TPSA) is 38.3 Å². The molecular formula is C17H25NO2S. The Labute approximate surface area is 131 Å². The fourth-order valence-corrected chi connectivity index (χ4v) is 3.42. The number of ether oxygens (including phenoxy) is 1. The van der Waals surface area contributed by atoms with Crippen LogP contribution < -0.4 is 5.32 Å². The zero-order chi connectivity index (χ0) is 15.1. The molecule has 0 unspecified atom stereocenters. The van der Waals surface area contributed by atoms with E-state index < -0.39 is 5.60 Å². The third-order valence-electron chi connectivity index (χ3n) is 3.80. The molecule has 0 radical (unpaired) electrons. The first-order valence-electron chi connectivity index (χ1n) is 7.66. The average Bonchev–Trinajstić information content (AvgIpc) is 2.91. The summed E-state index contributed by atoms with van der Waals surface area (Å²) in [5, 5.41) is 3.00. The van der Waals surface area contributed by atoms with Crippen LogP contribution in [0.25, 0.3) is 0 Å². The molecule has 1 amide bonds. The zero-order valence-electron chi connectivity index (χ0n) is 13.0. The van der Waals surface area contributed by atoms with Gasteiger partial charge in [0.05, 0.1) is 0 Å². The van der Waals surface area contributed by atoms with Gasteiger partial charge < -0.3 is 10.1 Å². The van der Waals surface area contributed by atoms with Crippen molar-refractivity contribution >= 4 is 17.7 Å². The molecule has 1 N–H and O–H groups in total. The van der Waals surface area contributed by atoms with E-state index in [1.165, 1.54) is 11.1 Å². The largest absolute Gasteiger partial charge is 0.365 e. The van der Waals surface area contributed by atoms with Gasteiger partial charge >= 0.3 is 0 Å². The minimum atomic E-state index is -0.589. The molecule has 1 aliphatic rings. The van der Waals surface area contributed by atoms with Crippen molar-refractivity contribution in [2.75, 3.05) is 18.9 Å². The standard InChI is InChI=1S/C17H25NO2S/c1-14-6-3-7-15(12-14)13-21-11-5-9-18-16(19)17(2)8-4-10-20-17/h3,6-7,12H,4-5,8-11,13H2,1-2H3,(H,18,19)/t17-/m0/s1. The summed E-state index contributed by atoms with van der Waals surface area (Å²) in [5.74, 6) is 2.14. The van der Waals surface area contributed by atoms with Gasteiger partial charge in [-0.1, -0.05) is 29.8 Å². The van der Waals surface area contributed by atoms with Crippen molar-refractivity contribution in [1.29, 1.82) is 0 Å². The van der Waals surface area contributed by atoms with Gasteiger partial charge in [-0.2, -0.15) is 11.8 Å². The number of hydrogen-bond donors (Lipinski definition) is 1. The van der Waals surface area contributed by atoms with Crippen LogP contribution in [0, 0.1) is 6.92 Å². The van der Waals surface area contributed by atoms with E-state index in [2.05, 4.69) is 36.5 Å². The van der Waals surface area contributed by atoms with Crippen molar-refractivity contribution < 1.29 is 9.53 Å². The first kappa shape index (κ1) is 16.4. The lowest BCUT2D eigenvalue weighted by Gasteiger charge is -2.21. The Morgan fingerprint density at radius 2 is 2.33 bits per heavy atom. The fraction of sp³-hybridized carbons (Fsp3) is 0.588. The quantitative estimate of drug-likeness (QED) is 0.786. The van der Waals surface area contributed by atoms with E-state index in [-0.39, 0.29) is 5.91 Å². The molecule has 1 saturated heterocycles. The van der Waals surface area contributed by atoms with Gasteiger partial charge in [0.25, 0.3) is 5.91 Å². The zero-order valence-corrected chi connectivity index (χ0v) is 13.8. The molecule has 2 rings (SSSR count). The molecule has 3 nitrogen and oxygen atoms in total. The van der Waals surface area contributed by atoms with Crippen LogP contribution >= 0.6 is 11.8 Å². The van der Waals surface area contributed by atoms with Crippen LogP contribution in [0.3, 0.4) is 0 Å². The smallest absolute Gasteiger partial charge is 0.251 e. The minimum Gasteiger partial charge on any atom is -0.365 e. The van der Waals surface area contributed by atoms with Crippen LogP contribution in [-0.4, -0.2) is 30.4 Å². The lowest BCUT2D eigenvalue weighted by atomic mass is 10.0. The molecule has 0 aliphatic carbocycles. The molecule has 0 spiro atoms. The number of hydrogen-bond acceptors (Lipinski definition) is 3. The van der Waals surface area contributed by atoms with Crippen molar-refractivity contribution in [3.05, 3.63) is 35.4 Å². The van der Waals surface area contributed by atoms with Crippen LogP contribution in [0.15, 0.2) is 24.3 Å². The Balaban J connectivity index is 1.57. The predicted molar refractivity (Wildman–Crippen MR) is 88.6 cm³/mol. The van der Waals surface area contributed by atoms with Gasteiger partial charge in [-0.3, -0.25) is 4.79 Å². The fourth-order valence-electron chi connectivity index (χ4n) is 2.51. The summed E-state index contributed by atoms with van der Waals surface area (Å²) in [6, 6.07) is 8.62. The molecule has 1 heterocycles. The molecule has 1 fully saturated rings. The summed E-state index contributed by atoms with van der Waals surface area (Å²) in [4.78, 5) is 12.0. The number of rotatable bonds is 7. The van der Waals surface area contributed by atoms with E-state index in [1.807, 2.05) is 18.7 Å². The third-order valence-corrected chi connectivity index (χ3v) is 4.92. The Morgan fingerprint density at radius 3 is 3.05 bits per heavy atom. The van der Waals surface area contributed by atoms with Crippen LogP contribution in [-0.2, 0) is 15.3 Å². The second kappa shape index (κ2) is 7.85. The van der Waals surface area contributed by atoms with Gasteiger partial charge in [0, 0.05) is 18.9 Å². The maximum atomic E-state index is 12.0. The Bertz CT molecular complexity index is 470. The molecule has 0 bridgehead atoms. The van der Waals surface area contributed by atoms with Gasteiger partial charge in [0.1, 0.15) is 5.60 Å². The number of aryl methyl sites for hydroxylation is 1. The lowest BCUT2D eigenvalue weighted by Crippen LogP contribution is -2.44. The summed E-state index contributed by atoms with van der Waals surface area (Å²) in [6.07, 6.45) is 2.81. The van der Waals surface area contributed by atoms with Crippen molar-refractivity contribution in [2.24, 2.45) is 0 Å². The van der Waals surface area contributed by atoms with Crippen molar-refractivity contribution in [3.63, 3.8) is 0 Å². The van der Waals surface area contributed by atoms with E-state index in [0.717, 1.165) is 37.3 Å². The van der Waals surface area contributed by atoms with Crippen LogP contribution in [0.2, 0.25) is 0 Å². The third kappa shape index (κ3) is 5.04. The van der Waals surface area contributed by atoms with Crippen molar-refractivity contribution in [1.82, 2.24) is 5.32 Å². The normalized spacial score (nSPS) is 21.4. The molecule has 4 heteroatoms. The second-order valence-corrected chi connectivity index (χ2v) is 6.94. The first-order chi connectivity index (χ1) is 10.1. The van der Waals surface area contributed by atoms with Gasteiger partial charge in [0.2, 0.25) is 0 Å². The summed E-state index contributed by atoms with van der Waals surface area (Å²) >= 11 is 1.92. The molecule has 116 valence electrons. The van der Waals surface area contributed by atoms with Crippen LogP contribution in [0.1, 0.15) is 37.3 Å². The lowest BCUT2D eigenvalue weighted by molar-refractivity contribution is -0.139. The molecule has 0 saturated carbocycles. The average molecular weight is 307 g/mol. The molecule has 21 heavy (non-hydrogen) atoms. The summed E-state index contributed by atoms with van der Waals surface area (Å²) < 4.78 is 5.53. The van der Waals surface area contributed by atoms with E-state index >= 15 is 0 Å². The number of amides is 1. The number of nitrogens with one attached hydrogen (secondary N) is 1. The molecule has 1 aromatic carbocycles. The van der Waals surface area contributed by atoms with Crippen molar-refractivity contribution in [2.45, 2.75) is 44.5 Å². The highest BCUT2D eigenvalue weighted by molar-refractivity contribution is 7.98. The van der Waals surface area contributed by atoms with E-state index in [0.29, 0.717) is 6.61 Å². The minimum absolute atomic E-state index is 0.0451. The number of benzene rings is 1. The maximum absolute atomic E-state index is 12.0. The Morgan fingerprint density at radius 1 is 1.48 bits per heavy atom. The molecule has 1 aromatic rings. The van der Waals surface area contributed by atoms with Gasteiger partial charge in [-0.05, 0) is 44.4 Å². The van der Waals surface area contributed by atoms with Gasteiger partial charge in [-0.25, -0.2) is 0 Å². The summed E-state index contributed by atoms with van der Waals surface area (Å²) in [7, 11) is 0. The Hall–Kier alpha value is -1.00. The highest BCUT2D eigenvalue weighted by Gasteiger charge is 2.37. The van der Waals surface area contributed by atoms with Crippen LogP contribution in [0.5, 0.6) is 0 Å². The predicted octanol–water partition coefficient (Wildman–Crippen LogP) is 3.30. The van der Waals surface area contributed by atoms with Gasteiger partial charge in [-0.15, -0.1) is 0 Å². The maximum Gasteiger partial charge on any atom is 0.251 e. The molecular weight excluding hydrogens is 282 g/mol. The summed E-state index contributed by atoms with van der Waals surface area (Å²) in [5.41, 5.74) is 2.09. The van der Waals surface area contributed by atoms with Gasteiger partial charge in [0.15, 0.2) is 0 Å². The number of carbonyl (C=O) groups excluding carboxylic acids is 1. The Kier molecular flexibility index (Phi) is 6.12. The summed E-state index contributed by atoms with van der Waals surface area (Å²) in [6.45, 7) is 5.45. The molecule has 1 aliphatic heterocycles. The highest BCUT2D eigenvalue weighted by Crippen LogP contribution is 2.24. The highest BCUT2D eigenvalue weighted by atomic mass is 32.2. The number of thioether (sulfide) groups is 1. The SMILES string of the molecule is Cc1cccc(CSCCCNC(=O)[C@]2(C)CCCO2)c1. The first-order valence-corrected chi connectivity index (χ1v) is 8.81. The van der Waals surface area contributed by atoms with E-state index in [1.54, 1.807) is 0 Å².